The number of pyridine rings is 1. The number of nitrogens with one attached hydrogen (secondary N) is 1. The Morgan fingerprint density at radius 3 is 2.77 bits per heavy atom. The molecule has 2 N–H and O–H groups in total. The number of carbonyl (C=O) groups is 2. The first kappa shape index (κ1) is 19.7. The summed E-state index contributed by atoms with van der Waals surface area (Å²) in [6, 6.07) is 2.87. The van der Waals surface area contributed by atoms with Crippen LogP contribution in [-0.2, 0) is 13.1 Å². The molecule has 1 saturated heterocycles. The maximum atomic E-state index is 14.1. The average Bonchev–Trinajstić information content (AvgIpc) is 3.36. The van der Waals surface area contributed by atoms with Crippen molar-refractivity contribution in [3.8, 4) is 5.75 Å². The van der Waals surface area contributed by atoms with Crippen LogP contribution < -0.4 is 10.7 Å². The molecule has 9 heteroatoms. The van der Waals surface area contributed by atoms with Gasteiger partial charge in [0.05, 0.1) is 6.04 Å². The molecule has 1 aromatic carbocycles. The highest BCUT2D eigenvalue weighted by Crippen LogP contribution is 2.45. The predicted molar refractivity (Wildman–Crippen MR) is 106 cm³/mol. The van der Waals surface area contributed by atoms with Crippen LogP contribution in [0.3, 0.4) is 0 Å². The number of rotatable bonds is 3. The zero-order valence-corrected chi connectivity index (χ0v) is 16.8. The smallest absolute Gasteiger partial charge is 0.275 e. The minimum Gasteiger partial charge on any atom is -0.503 e. The van der Waals surface area contributed by atoms with E-state index in [9.17, 15) is 28.3 Å². The van der Waals surface area contributed by atoms with E-state index in [-0.39, 0.29) is 46.9 Å². The zero-order chi connectivity index (χ0) is 22.0. The molecule has 2 aromatic rings. The zero-order valence-electron chi connectivity index (χ0n) is 16.8. The molecule has 31 heavy (non-hydrogen) atoms. The van der Waals surface area contributed by atoms with Gasteiger partial charge in [0.2, 0.25) is 5.43 Å². The molecule has 1 aliphatic carbocycles. The largest absolute Gasteiger partial charge is 0.503 e. The van der Waals surface area contributed by atoms with Crippen LogP contribution in [0.25, 0.3) is 0 Å². The summed E-state index contributed by atoms with van der Waals surface area (Å²) in [4.78, 5) is 40.0. The molecule has 5 rings (SSSR count). The molecule has 2 amide bonds. The van der Waals surface area contributed by atoms with Gasteiger partial charge in [-0.05, 0) is 37.7 Å². The highest BCUT2D eigenvalue weighted by molar-refractivity contribution is 5.99. The predicted octanol–water partition coefficient (Wildman–Crippen LogP) is 2.08. The summed E-state index contributed by atoms with van der Waals surface area (Å²) in [7, 11) is 0. The van der Waals surface area contributed by atoms with E-state index in [0.717, 1.165) is 19.3 Å². The van der Waals surface area contributed by atoms with Gasteiger partial charge in [-0.15, -0.1) is 0 Å². The molecule has 3 heterocycles. The summed E-state index contributed by atoms with van der Waals surface area (Å²) in [6.07, 6.45) is 4.16. The molecule has 0 radical (unpaired) electrons. The number of halogens is 2. The first-order chi connectivity index (χ1) is 14.8. The highest BCUT2D eigenvalue weighted by Gasteiger charge is 2.51. The maximum Gasteiger partial charge on any atom is 0.275 e. The van der Waals surface area contributed by atoms with Crippen molar-refractivity contribution in [2.75, 3.05) is 0 Å². The van der Waals surface area contributed by atoms with Crippen molar-refractivity contribution >= 4 is 11.8 Å². The van der Waals surface area contributed by atoms with Gasteiger partial charge in [-0.3, -0.25) is 14.4 Å². The Morgan fingerprint density at radius 2 is 2.00 bits per heavy atom. The van der Waals surface area contributed by atoms with Crippen molar-refractivity contribution < 1.29 is 23.5 Å². The molecule has 2 fully saturated rings. The molecule has 2 bridgehead atoms. The summed E-state index contributed by atoms with van der Waals surface area (Å²) in [6.45, 7) is 1.49. The van der Waals surface area contributed by atoms with Crippen molar-refractivity contribution in [2.24, 2.45) is 5.92 Å². The second-order valence-corrected chi connectivity index (χ2v) is 8.58. The summed E-state index contributed by atoms with van der Waals surface area (Å²) in [5.74, 6) is -3.66. The Morgan fingerprint density at radius 1 is 1.23 bits per heavy atom. The minimum absolute atomic E-state index is 0.0128. The fourth-order valence-electron chi connectivity index (χ4n) is 5.24. The second-order valence-electron chi connectivity index (χ2n) is 8.58. The van der Waals surface area contributed by atoms with Crippen molar-refractivity contribution in [3.05, 3.63) is 62.6 Å². The van der Waals surface area contributed by atoms with Gasteiger partial charge >= 0.3 is 0 Å². The summed E-state index contributed by atoms with van der Waals surface area (Å²) in [5, 5.41) is 12.9. The molecular formula is C22H21F2N3O4. The number of hydrogen-bond acceptors (Lipinski definition) is 4. The van der Waals surface area contributed by atoms with Gasteiger partial charge in [0.15, 0.2) is 23.1 Å². The Bertz CT molecular complexity index is 1190. The first-order valence-corrected chi connectivity index (χ1v) is 10.3. The lowest BCUT2D eigenvalue weighted by Crippen LogP contribution is -2.52. The van der Waals surface area contributed by atoms with E-state index in [1.807, 2.05) is 0 Å². The number of aromatic hydroxyl groups is 1. The fraction of sp³-hybridized carbons (Fsp3) is 0.409. The highest BCUT2D eigenvalue weighted by atomic mass is 19.2. The van der Waals surface area contributed by atoms with E-state index < -0.39 is 28.7 Å². The summed E-state index contributed by atoms with van der Waals surface area (Å²) >= 11 is 0. The van der Waals surface area contributed by atoms with Crippen LogP contribution in [0.5, 0.6) is 5.75 Å². The SMILES string of the molecule is Cc1ccc(CNC(=O)c2cn3c(c(O)c2=O)C(=O)N2[C@H]4CC[C@H](C4)[C@@H]2C3)c(F)c1F. The van der Waals surface area contributed by atoms with E-state index >= 15 is 0 Å². The molecule has 0 spiro atoms. The molecule has 1 saturated carbocycles. The molecular weight excluding hydrogens is 408 g/mol. The number of amides is 2. The van der Waals surface area contributed by atoms with Crippen LogP contribution in [0.15, 0.2) is 23.1 Å². The standard InChI is InChI=1S/C22H21F2N3O4/c1-10-2-3-12(17(24)16(10)23)7-25-21(30)14-8-26-9-15-11-4-5-13(6-11)27(15)22(31)18(26)20(29)19(14)28/h2-3,8,11,13,15,29H,4-7,9H2,1H3,(H,25,30)/t11-,13+,15+/m1/s1. The van der Waals surface area contributed by atoms with Gasteiger partial charge in [-0.1, -0.05) is 12.1 Å². The van der Waals surface area contributed by atoms with Gasteiger partial charge in [0, 0.05) is 30.9 Å². The van der Waals surface area contributed by atoms with E-state index in [1.54, 1.807) is 4.90 Å². The number of fused-ring (bicyclic) bond motifs is 6. The lowest BCUT2D eigenvalue weighted by atomic mass is 9.95. The van der Waals surface area contributed by atoms with Crippen LogP contribution in [-0.4, -0.2) is 38.5 Å². The van der Waals surface area contributed by atoms with Crippen molar-refractivity contribution in [2.45, 2.75) is 51.4 Å². The van der Waals surface area contributed by atoms with Gasteiger partial charge in [-0.25, -0.2) is 8.78 Å². The number of benzene rings is 1. The Hall–Kier alpha value is -3.23. The molecule has 1 aromatic heterocycles. The van der Waals surface area contributed by atoms with Gasteiger partial charge in [-0.2, -0.15) is 0 Å². The maximum absolute atomic E-state index is 14.1. The third-order valence-corrected chi connectivity index (χ3v) is 6.86. The first-order valence-electron chi connectivity index (χ1n) is 10.3. The third-order valence-electron chi connectivity index (χ3n) is 6.86. The minimum atomic E-state index is -1.06. The van der Waals surface area contributed by atoms with E-state index in [1.165, 1.54) is 29.8 Å². The molecule has 2 aliphatic heterocycles. The monoisotopic (exact) mass is 429 g/mol. The number of aryl methyl sites for hydroxylation is 1. The van der Waals surface area contributed by atoms with Crippen LogP contribution in [0, 0.1) is 24.5 Å². The second kappa shape index (κ2) is 6.90. The number of nitrogens with zero attached hydrogens (tertiary/aromatic N) is 2. The Labute approximate surface area is 176 Å². The quantitative estimate of drug-likeness (QED) is 0.782. The number of carbonyl (C=O) groups excluding carboxylic acids is 2. The number of piperidine rings is 1. The normalized spacial score (nSPS) is 23.6. The van der Waals surface area contributed by atoms with Crippen LogP contribution >= 0.6 is 0 Å². The van der Waals surface area contributed by atoms with Crippen molar-refractivity contribution in [1.29, 1.82) is 0 Å². The molecule has 3 aliphatic rings. The summed E-state index contributed by atoms with van der Waals surface area (Å²) in [5.41, 5.74) is -1.33. The van der Waals surface area contributed by atoms with E-state index in [2.05, 4.69) is 5.32 Å². The van der Waals surface area contributed by atoms with Gasteiger partial charge in [0.25, 0.3) is 11.8 Å². The van der Waals surface area contributed by atoms with Crippen LogP contribution in [0.4, 0.5) is 8.78 Å². The topological polar surface area (TPSA) is 91.6 Å². The molecule has 162 valence electrons. The van der Waals surface area contributed by atoms with Crippen LogP contribution in [0.1, 0.15) is 51.2 Å². The number of hydrogen-bond donors (Lipinski definition) is 2. The lowest BCUT2D eigenvalue weighted by Gasteiger charge is -2.40. The number of aromatic nitrogens is 1. The van der Waals surface area contributed by atoms with Crippen molar-refractivity contribution in [1.82, 2.24) is 14.8 Å². The molecule has 0 unspecified atom stereocenters. The summed E-state index contributed by atoms with van der Waals surface area (Å²) < 4.78 is 29.3. The third kappa shape index (κ3) is 2.86. The average molecular weight is 429 g/mol. The fourth-order valence-corrected chi connectivity index (χ4v) is 5.24. The Kier molecular flexibility index (Phi) is 4.39. The van der Waals surface area contributed by atoms with Gasteiger partial charge < -0.3 is 19.9 Å². The molecule has 3 atom stereocenters. The lowest BCUT2D eigenvalue weighted by molar-refractivity contribution is 0.0482. The van der Waals surface area contributed by atoms with Gasteiger partial charge in [0.1, 0.15) is 5.56 Å². The Balaban J connectivity index is 1.44. The molecule has 7 nitrogen and oxygen atoms in total. The van der Waals surface area contributed by atoms with E-state index in [0.29, 0.717) is 12.5 Å². The van der Waals surface area contributed by atoms with Crippen LogP contribution in [0.2, 0.25) is 0 Å². The van der Waals surface area contributed by atoms with Crippen molar-refractivity contribution in [3.63, 3.8) is 0 Å². The van der Waals surface area contributed by atoms with E-state index in [4.69, 9.17) is 0 Å².